The van der Waals surface area contributed by atoms with Crippen LogP contribution in [-0.2, 0) is 19.1 Å². The van der Waals surface area contributed by atoms with Gasteiger partial charge in [-0.05, 0) is 61.4 Å². The van der Waals surface area contributed by atoms with Gasteiger partial charge in [-0.25, -0.2) is 16.8 Å². The number of rotatable bonds is 4. The molecule has 124 valence electrons. The molecule has 9 heteroatoms. The number of sulfonamides is 1. The molecule has 2 aromatic carbocycles. The molecule has 0 aliphatic rings. The molecule has 0 aliphatic heterocycles. The van der Waals surface area contributed by atoms with Gasteiger partial charge < -0.3 is 0 Å². The van der Waals surface area contributed by atoms with Crippen LogP contribution in [-0.4, -0.2) is 16.8 Å². The van der Waals surface area contributed by atoms with Gasteiger partial charge in [0, 0.05) is 20.8 Å². The van der Waals surface area contributed by atoms with E-state index in [9.17, 15) is 16.8 Å². The Bertz CT molecular complexity index is 932. The Hall–Kier alpha value is -1.09. The van der Waals surface area contributed by atoms with Gasteiger partial charge in [0.25, 0.3) is 19.1 Å². The number of nitrogens with one attached hydrogen (secondary N) is 1. The summed E-state index contributed by atoms with van der Waals surface area (Å²) in [4.78, 5) is 0.0933. The molecule has 2 aromatic rings. The van der Waals surface area contributed by atoms with E-state index in [4.69, 9.17) is 10.7 Å². The second kappa shape index (κ2) is 6.43. The summed E-state index contributed by atoms with van der Waals surface area (Å²) < 4.78 is 51.0. The summed E-state index contributed by atoms with van der Waals surface area (Å²) in [5, 5.41) is 0. The van der Waals surface area contributed by atoms with E-state index < -0.39 is 19.1 Å². The van der Waals surface area contributed by atoms with Crippen molar-refractivity contribution in [2.45, 2.75) is 23.6 Å². The highest BCUT2D eigenvalue weighted by Gasteiger charge is 2.20. The fourth-order valence-electron chi connectivity index (χ4n) is 2.22. The number of hydrogen-bond donors (Lipinski definition) is 1. The van der Waals surface area contributed by atoms with Crippen LogP contribution in [0.2, 0.25) is 0 Å². The topological polar surface area (TPSA) is 80.3 Å². The fourth-order valence-corrected chi connectivity index (χ4v) is 5.14. The largest absolute Gasteiger partial charge is 0.280 e. The summed E-state index contributed by atoms with van der Waals surface area (Å²) in [6.07, 6.45) is 0. The standard InChI is InChI=1S/C14H13BrClNO4S2/c1-9-7-12(8-10(2)14(9)22(16,18)19)17-23(20,21)13-5-3-11(15)4-6-13/h3-8,17H,1-2H3. The molecule has 5 nitrogen and oxygen atoms in total. The Labute approximate surface area is 148 Å². The SMILES string of the molecule is Cc1cc(NS(=O)(=O)c2ccc(Br)cc2)cc(C)c1S(=O)(=O)Cl. The highest BCUT2D eigenvalue weighted by atomic mass is 79.9. The first-order chi connectivity index (χ1) is 10.5. The molecule has 0 fully saturated rings. The second-order valence-electron chi connectivity index (χ2n) is 4.94. The molecule has 0 saturated heterocycles. The van der Waals surface area contributed by atoms with Gasteiger partial charge in [-0.2, -0.15) is 0 Å². The van der Waals surface area contributed by atoms with Crippen molar-refractivity contribution in [1.82, 2.24) is 0 Å². The quantitative estimate of drug-likeness (QED) is 0.736. The zero-order valence-corrected chi connectivity index (χ0v) is 16.1. The maximum absolute atomic E-state index is 12.3. The fraction of sp³-hybridized carbons (Fsp3) is 0.143. The maximum Gasteiger partial charge on any atom is 0.261 e. The number of aryl methyl sites for hydroxylation is 2. The van der Waals surface area contributed by atoms with Crippen LogP contribution >= 0.6 is 26.6 Å². The molecule has 0 bridgehead atoms. The van der Waals surface area contributed by atoms with Crippen LogP contribution in [0.25, 0.3) is 0 Å². The van der Waals surface area contributed by atoms with E-state index in [1.807, 2.05) is 0 Å². The third-order valence-corrected chi connectivity index (χ3v) is 6.60. The van der Waals surface area contributed by atoms with Crippen LogP contribution in [0.3, 0.4) is 0 Å². The minimum atomic E-state index is -3.89. The molecule has 0 atom stereocenters. The summed E-state index contributed by atoms with van der Waals surface area (Å²) >= 11 is 3.24. The van der Waals surface area contributed by atoms with Crippen LogP contribution in [0.15, 0.2) is 50.7 Å². The number of benzene rings is 2. The van der Waals surface area contributed by atoms with Crippen molar-refractivity contribution in [3.05, 3.63) is 52.0 Å². The average Bonchev–Trinajstić information content (AvgIpc) is 2.35. The maximum atomic E-state index is 12.3. The van der Waals surface area contributed by atoms with Crippen molar-refractivity contribution in [3.63, 3.8) is 0 Å². The van der Waals surface area contributed by atoms with Gasteiger partial charge in [0.1, 0.15) is 0 Å². The van der Waals surface area contributed by atoms with E-state index in [1.165, 1.54) is 24.3 Å². The summed E-state index contributed by atoms with van der Waals surface area (Å²) in [5.41, 5.74) is 1.01. The smallest absolute Gasteiger partial charge is 0.261 e. The lowest BCUT2D eigenvalue weighted by Crippen LogP contribution is -2.13. The Kier molecular flexibility index (Phi) is 5.10. The van der Waals surface area contributed by atoms with Crippen molar-refractivity contribution >= 4 is 51.4 Å². The first kappa shape index (κ1) is 18.3. The molecule has 0 unspecified atom stereocenters. The van der Waals surface area contributed by atoms with Gasteiger partial charge in [-0.15, -0.1) is 0 Å². The van der Waals surface area contributed by atoms with Gasteiger partial charge in [-0.1, -0.05) is 15.9 Å². The van der Waals surface area contributed by atoms with Crippen LogP contribution < -0.4 is 4.72 Å². The van der Waals surface area contributed by atoms with E-state index in [0.29, 0.717) is 11.1 Å². The van der Waals surface area contributed by atoms with Gasteiger partial charge in [-0.3, -0.25) is 4.72 Å². The van der Waals surface area contributed by atoms with Crippen LogP contribution in [0.5, 0.6) is 0 Å². The van der Waals surface area contributed by atoms with Crippen molar-refractivity contribution in [3.8, 4) is 0 Å². The Morgan fingerprint density at radius 3 is 1.87 bits per heavy atom. The highest BCUT2D eigenvalue weighted by molar-refractivity contribution is 9.10. The molecular formula is C14H13BrClNO4S2. The minimum absolute atomic E-state index is 0.00856. The van der Waals surface area contributed by atoms with Crippen molar-refractivity contribution in [2.24, 2.45) is 0 Å². The Morgan fingerprint density at radius 2 is 1.43 bits per heavy atom. The second-order valence-corrected chi connectivity index (χ2v) is 10.0. The molecule has 23 heavy (non-hydrogen) atoms. The van der Waals surface area contributed by atoms with Gasteiger partial charge in [0.15, 0.2) is 0 Å². The number of halogens is 2. The van der Waals surface area contributed by atoms with E-state index in [0.717, 1.165) is 4.47 Å². The third-order valence-electron chi connectivity index (χ3n) is 3.08. The Morgan fingerprint density at radius 1 is 0.957 bits per heavy atom. The minimum Gasteiger partial charge on any atom is -0.280 e. The molecule has 2 rings (SSSR count). The predicted octanol–water partition coefficient (Wildman–Crippen LogP) is 3.79. The molecular weight excluding hydrogens is 426 g/mol. The normalized spacial score (nSPS) is 12.2. The van der Waals surface area contributed by atoms with Crippen LogP contribution in [0.4, 0.5) is 5.69 Å². The van der Waals surface area contributed by atoms with E-state index >= 15 is 0 Å². The number of anilines is 1. The predicted molar refractivity (Wildman–Crippen MR) is 93.9 cm³/mol. The molecule has 1 N–H and O–H groups in total. The Balaban J connectivity index is 2.43. The van der Waals surface area contributed by atoms with Gasteiger partial charge in [0.05, 0.1) is 9.79 Å². The number of hydrogen-bond acceptors (Lipinski definition) is 4. The van der Waals surface area contributed by atoms with E-state index in [1.54, 1.807) is 26.0 Å². The lowest BCUT2D eigenvalue weighted by Gasteiger charge is -2.12. The van der Waals surface area contributed by atoms with Gasteiger partial charge >= 0.3 is 0 Å². The monoisotopic (exact) mass is 437 g/mol. The van der Waals surface area contributed by atoms with Gasteiger partial charge in [0.2, 0.25) is 0 Å². The highest BCUT2D eigenvalue weighted by Crippen LogP contribution is 2.28. The van der Waals surface area contributed by atoms with E-state index in [2.05, 4.69) is 20.7 Å². The first-order valence-corrected chi connectivity index (χ1v) is 10.9. The lowest BCUT2D eigenvalue weighted by molar-refractivity contribution is 0.601. The van der Waals surface area contributed by atoms with Crippen LogP contribution in [0.1, 0.15) is 11.1 Å². The molecule has 0 amide bonds. The third kappa shape index (κ3) is 4.26. The lowest BCUT2D eigenvalue weighted by atomic mass is 10.1. The molecule has 0 spiro atoms. The van der Waals surface area contributed by atoms with Crippen LogP contribution in [0, 0.1) is 13.8 Å². The summed E-state index contributed by atoms with van der Waals surface area (Å²) in [7, 11) is -2.26. The van der Waals surface area contributed by atoms with Crippen molar-refractivity contribution in [1.29, 1.82) is 0 Å². The molecule has 0 aliphatic carbocycles. The van der Waals surface area contributed by atoms with Crippen molar-refractivity contribution < 1.29 is 16.8 Å². The van der Waals surface area contributed by atoms with Crippen molar-refractivity contribution in [2.75, 3.05) is 4.72 Å². The molecule has 0 heterocycles. The molecule has 0 radical (unpaired) electrons. The molecule has 0 aromatic heterocycles. The zero-order chi connectivity index (χ0) is 17.4. The van der Waals surface area contributed by atoms with E-state index in [-0.39, 0.29) is 15.5 Å². The summed E-state index contributed by atoms with van der Waals surface area (Å²) in [5.74, 6) is 0. The average molecular weight is 439 g/mol. The first-order valence-electron chi connectivity index (χ1n) is 6.35. The zero-order valence-electron chi connectivity index (χ0n) is 12.2. The summed E-state index contributed by atoms with van der Waals surface area (Å²) in [6.45, 7) is 3.11. The molecule has 0 saturated carbocycles. The summed E-state index contributed by atoms with van der Waals surface area (Å²) in [6, 6.07) is 9.02.